The third-order valence-corrected chi connectivity index (χ3v) is 5.84. The van der Waals surface area contributed by atoms with Crippen molar-refractivity contribution in [2.24, 2.45) is 0 Å². The van der Waals surface area contributed by atoms with Gasteiger partial charge in [0.1, 0.15) is 12.1 Å². The molecule has 0 saturated heterocycles. The summed E-state index contributed by atoms with van der Waals surface area (Å²) in [4.78, 5) is 21.5. The molecule has 0 fully saturated rings. The van der Waals surface area contributed by atoms with Gasteiger partial charge < -0.3 is 10.1 Å². The average molecular weight is 415 g/mol. The van der Waals surface area contributed by atoms with Crippen molar-refractivity contribution in [2.75, 3.05) is 11.9 Å². The Morgan fingerprint density at radius 1 is 1.16 bits per heavy atom. The lowest BCUT2D eigenvalue weighted by atomic mass is 10.1. The molecule has 2 aliphatic rings. The van der Waals surface area contributed by atoms with E-state index in [4.69, 9.17) is 4.74 Å². The number of hydrogen-bond donors (Lipinski definition) is 2. The van der Waals surface area contributed by atoms with Gasteiger partial charge in [0.2, 0.25) is 5.88 Å². The lowest BCUT2D eigenvalue weighted by molar-refractivity contribution is 0.254. The van der Waals surface area contributed by atoms with E-state index in [2.05, 4.69) is 25.7 Å². The molecule has 9 heteroatoms. The molecule has 0 atom stereocenters. The van der Waals surface area contributed by atoms with Gasteiger partial charge in [-0.05, 0) is 50.1 Å². The Balaban J connectivity index is 1.24. The minimum atomic E-state index is -0.238. The number of fused-ring (bicyclic) bond motifs is 3. The van der Waals surface area contributed by atoms with E-state index in [0.29, 0.717) is 17.4 Å². The SMILES string of the molecule is O=C(Nc1cc2n(n1)CCC2)n1ccc2cc(Oc3ncnc4c3CCNC4)ccc21. The van der Waals surface area contributed by atoms with E-state index in [0.717, 1.165) is 66.8 Å². The highest BCUT2D eigenvalue weighted by Crippen LogP contribution is 2.29. The summed E-state index contributed by atoms with van der Waals surface area (Å²) in [5, 5.41) is 11.6. The van der Waals surface area contributed by atoms with Crippen molar-refractivity contribution < 1.29 is 9.53 Å². The highest BCUT2D eigenvalue weighted by Gasteiger charge is 2.18. The molecule has 0 unspecified atom stereocenters. The van der Waals surface area contributed by atoms with Crippen LogP contribution >= 0.6 is 0 Å². The Hall–Kier alpha value is -3.72. The van der Waals surface area contributed by atoms with Gasteiger partial charge in [0, 0.05) is 42.0 Å². The normalized spacial score (nSPS) is 15.0. The molecule has 31 heavy (non-hydrogen) atoms. The first kappa shape index (κ1) is 18.1. The van der Waals surface area contributed by atoms with Crippen molar-refractivity contribution in [1.29, 1.82) is 0 Å². The summed E-state index contributed by atoms with van der Waals surface area (Å²) in [6.07, 6.45) is 6.24. The zero-order valence-corrected chi connectivity index (χ0v) is 16.8. The van der Waals surface area contributed by atoms with Gasteiger partial charge in [-0.2, -0.15) is 5.10 Å². The fourth-order valence-corrected chi connectivity index (χ4v) is 4.31. The van der Waals surface area contributed by atoms with E-state index in [1.165, 1.54) is 6.33 Å². The number of amides is 1. The lowest BCUT2D eigenvalue weighted by Crippen LogP contribution is -2.25. The van der Waals surface area contributed by atoms with Crippen molar-refractivity contribution in [3.05, 3.63) is 59.8 Å². The third-order valence-electron chi connectivity index (χ3n) is 5.84. The van der Waals surface area contributed by atoms with Gasteiger partial charge in [0.15, 0.2) is 5.82 Å². The highest BCUT2D eigenvalue weighted by atomic mass is 16.5. The Morgan fingerprint density at radius 2 is 2.13 bits per heavy atom. The summed E-state index contributed by atoms with van der Waals surface area (Å²) < 4.78 is 9.62. The van der Waals surface area contributed by atoms with Crippen molar-refractivity contribution in [3.8, 4) is 11.6 Å². The third kappa shape index (κ3) is 3.23. The van der Waals surface area contributed by atoms with Crippen molar-refractivity contribution in [3.63, 3.8) is 0 Å². The molecule has 4 aromatic rings. The second kappa shape index (κ2) is 7.21. The Morgan fingerprint density at radius 3 is 3.06 bits per heavy atom. The maximum absolute atomic E-state index is 12.8. The Kier molecular flexibility index (Phi) is 4.20. The number of ether oxygens (including phenoxy) is 1. The van der Waals surface area contributed by atoms with Crippen LogP contribution in [0.1, 0.15) is 23.4 Å². The first-order valence-electron chi connectivity index (χ1n) is 10.4. The molecule has 3 aromatic heterocycles. The minimum absolute atomic E-state index is 0.238. The van der Waals surface area contributed by atoms with Gasteiger partial charge in [-0.15, -0.1) is 0 Å². The van der Waals surface area contributed by atoms with Crippen LogP contribution in [-0.2, 0) is 25.9 Å². The quantitative estimate of drug-likeness (QED) is 0.534. The number of benzene rings is 1. The van der Waals surface area contributed by atoms with Crippen LogP contribution in [0.3, 0.4) is 0 Å². The average Bonchev–Trinajstić information content (AvgIpc) is 3.48. The number of hydrogen-bond acceptors (Lipinski definition) is 6. The molecule has 2 N–H and O–H groups in total. The summed E-state index contributed by atoms with van der Waals surface area (Å²) in [5.74, 6) is 1.86. The van der Waals surface area contributed by atoms with Gasteiger partial charge in [-0.3, -0.25) is 14.6 Å². The monoisotopic (exact) mass is 415 g/mol. The van der Waals surface area contributed by atoms with Gasteiger partial charge in [-0.1, -0.05) is 0 Å². The number of carbonyl (C=O) groups excluding carboxylic acids is 1. The first-order chi connectivity index (χ1) is 15.2. The summed E-state index contributed by atoms with van der Waals surface area (Å²) in [6.45, 7) is 2.52. The molecule has 1 aromatic carbocycles. The predicted octanol–water partition coefficient (Wildman–Crippen LogP) is 3.09. The van der Waals surface area contributed by atoms with Crippen LogP contribution in [0.5, 0.6) is 11.6 Å². The molecule has 6 rings (SSSR count). The van der Waals surface area contributed by atoms with Crippen LogP contribution in [0.15, 0.2) is 42.9 Å². The number of aryl methyl sites for hydroxylation is 2. The van der Waals surface area contributed by atoms with Crippen LogP contribution in [-0.4, -0.2) is 36.9 Å². The molecule has 2 aliphatic heterocycles. The van der Waals surface area contributed by atoms with Crippen LogP contribution in [0.4, 0.5) is 10.6 Å². The van der Waals surface area contributed by atoms with Crippen LogP contribution < -0.4 is 15.4 Å². The van der Waals surface area contributed by atoms with E-state index in [1.807, 2.05) is 35.0 Å². The van der Waals surface area contributed by atoms with Crippen molar-refractivity contribution >= 4 is 22.8 Å². The molecule has 0 bridgehead atoms. The fraction of sp³-hybridized carbons (Fsp3) is 0.273. The zero-order valence-electron chi connectivity index (χ0n) is 16.8. The minimum Gasteiger partial charge on any atom is -0.439 e. The summed E-state index contributed by atoms with van der Waals surface area (Å²) in [5.41, 5.74) is 3.98. The molecule has 5 heterocycles. The van der Waals surface area contributed by atoms with Crippen LogP contribution in [0.25, 0.3) is 10.9 Å². The maximum Gasteiger partial charge on any atom is 0.331 e. The smallest absolute Gasteiger partial charge is 0.331 e. The molecule has 0 spiro atoms. The second-order valence-corrected chi connectivity index (χ2v) is 7.82. The van der Waals surface area contributed by atoms with Crippen LogP contribution in [0.2, 0.25) is 0 Å². The van der Waals surface area contributed by atoms with Crippen LogP contribution in [0, 0.1) is 0 Å². The van der Waals surface area contributed by atoms with Gasteiger partial charge in [0.25, 0.3) is 0 Å². The molecular formula is C22H21N7O2. The molecule has 9 nitrogen and oxygen atoms in total. The summed E-state index contributed by atoms with van der Waals surface area (Å²) in [6, 6.07) is 9.26. The number of nitrogens with zero attached hydrogens (tertiary/aromatic N) is 5. The molecule has 1 amide bonds. The number of aromatic nitrogens is 5. The Labute approximate surface area is 178 Å². The van der Waals surface area contributed by atoms with Crippen molar-refractivity contribution in [2.45, 2.75) is 32.4 Å². The number of rotatable bonds is 3. The van der Waals surface area contributed by atoms with Gasteiger partial charge in [-0.25, -0.2) is 14.8 Å². The lowest BCUT2D eigenvalue weighted by Gasteiger charge is -2.18. The number of anilines is 1. The molecule has 0 saturated carbocycles. The second-order valence-electron chi connectivity index (χ2n) is 7.82. The maximum atomic E-state index is 12.8. The van der Waals surface area contributed by atoms with E-state index in [9.17, 15) is 4.79 Å². The number of nitrogens with one attached hydrogen (secondary N) is 2. The summed E-state index contributed by atoms with van der Waals surface area (Å²) in [7, 11) is 0. The number of carbonyl (C=O) groups is 1. The molecule has 0 aliphatic carbocycles. The Bertz CT molecular complexity index is 1290. The summed E-state index contributed by atoms with van der Waals surface area (Å²) >= 11 is 0. The largest absolute Gasteiger partial charge is 0.439 e. The zero-order chi connectivity index (χ0) is 20.8. The van der Waals surface area contributed by atoms with E-state index in [-0.39, 0.29) is 6.03 Å². The van der Waals surface area contributed by atoms with Crippen molar-refractivity contribution in [1.82, 2.24) is 29.6 Å². The molecule has 0 radical (unpaired) electrons. The highest BCUT2D eigenvalue weighted by molar-refractivity contribution is 5.98. The van der Waals surface area contributed by atoms with E-state index >= 15 is 0 Å². The molecule has 156 valence electrons. The van der Waals surface area contributed by atoms with E-state index < -0.39 is 0 Å². The standard InChI is InChI=1S/C22H21N7O2/c30-22(26-20-11-15-2-1-8-29(15)27-20)28-9-6-14-10-16(3-4-19(14)28)31-21-17-5-7-23-12-18(17)24-13-25-21/h3-4,6,9-11,13,23H,1-2,5,7-8,12H2,(H,26,27,30). The predicted molar refractivity (Wildman–Crippen MR) is 114 cm³/mol. The first-order valence-corrected chi connectivity index (χ1v) is 10.4. The van der Waals surface area contributed by atoms with E-state index in [1.54, 1.807) is 10.8 Å². The van der Waals surface area contributed by atoms with Gasteiger partial charge >= 0.3 is 6.03 Å². The van der Waals surface area contributed by atoms with Gasteiger partial charge in [0.05, 0.1) is 11.2 Å². The molecular weight excluding hydrogens is 394 g/mol. The topological polar surface area (TPSA) is 98.9 Å². The fourth-order valence-electron chi connectivity index (χ4n) is 4.31.